The van der Waals surface area contributed by atoms with Crippen LogP contribution in [-0.2, 0) is 17.7 Å². The van der Waals surface area contributed by atoms with Crippen molar-refractivity contribution in [3.8, 4) is 0 Å². The van der Waals surface area contributed by atoms with Gasteiger partial charge in [0.1, 0.15) is 5.82 Å². The van der Waals surface area contributed by atoms with E-state index in [4.69, 9.17) is 4.74 Å². The van der Waals surface area contributed by atoms with Crippen LogP contribution in [0.4, 0.5) is 0 Å². The summed E-state index contributed by atoms with van der Waals surface area (Å²) in [5.41, 5.74) is 4.13. The van der Waals surface area contributed by atoms with Gasteiger partial charge in [-0.3, -0.25) is 9.89 Å². The minimum absolute atomic E-state index is 0.0657. The molecule has 0 unspecified atom stereocenters. The van der Waals surface area contributed by atoms with Crippen LogP contribution >= 0.6 is 0 Å². The number of aromatic nitrogens is 4. The lowest BCUT2D eigenvalue weighted by atomic mass is 9.99. The third-order valence-corrected chi connectivity index (χ3v) is 3.97. The Hall–Kier alpha value is -2.15. The molecule has 0 saturated heterocycles. The van der Waals surface area contributed by atoms with Gasteiger partial charge in [-0.1, -0.05) is 0 Å². The fourth-order valence-corrected chi connectivity index (χ4v) is 2.94. The topological polar surface area (TPSA) is 95.7 Å². The summed E-state index contributed by atoms with van der Waals surface area (Å²) in [7, 11) is 0. The molecule has 3 heterocycles. The zero-order chi connectivity index (χ0) is 15.9. The molecule has 0 fully saturated rings. The molecule has 22 heavy (non-hydrogen) atoms. The van der Waals surface area contributed by atoms with E-state index in [1.807, 2.05) is 27.7 Å². The number of hydrogen-bond donors (Lipinski definition) is 3. The monoisotopic (exact) mass is 303 g/mol. The van der Waals surface area contributed by atoms with E-state index in [2.05, 4.69) is 25.5 Å². The molecule has 1 amide bonds. The van der Waals surface area contributed by atoms with Crippen molar-refractivity contribution in [3.05, 3.63) is 34.2 Å². The Bertz CT molecular complexity index is 703. The average Bonchev–Trinajstić information content (AvgIpc) is 2.99. The number of H-pyrrole nitrogens is 2. The van der Waals surface area contributed by atoms with Crippen LogP contribution in [0.1, 0.15) is 58.9 Å². The fourth-order valence-electron chi connectivity index (χ4n) is 2.94. The van der Waals surface area contributed by atoms with Gasteiger partial charge in [0.15, 0.2) is 5.69 Å². The molecule has 118 valence electrons. The van der Waals surface area contributed by atoms with Crippen LogP contribution < -0.4 is 5.32 Å². The van der Waals surface area contributed by atoms with E-state index >= 15 is 0 Å². The second kappa shape index (κ2) is 5.57. The first kappa shape index (κ1) is 14.8. The summed E-state index contributed by atoms with van der Waals surface area (Å²) in [6, 6.07) is 0. The molecule has 2 aromatic heterocycles. The highest BCUT2D eigenvalue weighted by molar-refractivity contribution is 5.94. The Labute approximate surface area is 128 Å². The zero-order valence-corrected chi connectivity index (χ0v) is 13.3. The number of amides is 1. The van der Waals surface area contributed by atoms with E-state index in [1.165, 1.54) is 0 Å². The third-order valence-electron chi connectivity index (χ3n) is 3.97. The van der Waals surface area contributed by atoms with Gasteiger partial charge in [-0.15, -0.1) is 0 Å². The van der Waals surface area contributed by atoms with Gasteiger partial charge in [0.2, 0.25) is 0 Å². The molecule has 3 rings (SSSR count). The van der Waals surface area contributed by atoms with Crippen molar-refractivity contribution >= 4 is 5.91 Å². The molecule has 0 bridgehead atoms. The Morgan fingerprint density at radius 1 is 1.41 bits per heavy atom. The summed E-state index contributed by atoms with van der Waals surface area (Å²) in [5, 5.41) is 10.0. The van der Waals surface area contributed by atoms with Gasteiger partial charge < -0.3 is 15.0 Å². The summed E-state index contributed by atoms with van der Waals surface area (Å²) in [4.78, 5) is 19.9. The van der Waals surface area contributed by atoms with Gasteiger partial charge >= 0.3 is 0 Å². The van der Waals surface area contributed by atoms with Crippen LogP contribution in [0.3, 0.4) is 0 Å². The minimum Gasteiger partial charge on any atom is -0.369 e. The van der Waals surface area contributed by atoms with Crippen molar-refractivity contribution < 1.29 is 9.53 Å². The van der Waals surface area contributed by atoms with Crippen LogP contribution in [0, 0.1) is 13.8 Å². The molecule has 7 nitrogen and oxygen atoms in total. The molecule has 1 aliphatic heterocycles. The Morgan fingerprint density at radius 3 is 2.86 bits per heavy atom. The highest BCUT2D eigenvalue weighted by atomic mass is 16.5. The summed E-state index contributed by atoms with van der Waals surface area (Å²) in [6.07, 6.45) is 0.714. The number of carbonyl (C=O) groups is 1. The van der Waals surface area contributed by atoms with Crippen molar-refractivity contribution in [2.45, 2.75) is 52.9 Å². The summed E-state index contributed by atoms with van der Waals surface area (Å²) in [6.45, 7) is 8.19. The number of aryl methyl sites for hydroxylation is 2. The van der Waals surface area contributed by atoms with Crippen LogP contribution in [0.2, 0.25) is 0 Å². The molecule has 2 aromatic rings. The van der Waals surface area contributed by atoms with E-state index in [0.29, 0.717) is 18.7 Å². The Kier molecular flexibility index (Phi) is 3.74. The quantitative estimate of drug-likeness (QED) is 0.804. The number of ether oxygens (including phenoxy) is 1. The molecule has 3 N–H and O–H groups in total. The molecule has 2 atom stereocenters. The highest BCUT2D eigenvalue weighted by Crippen LogP contribution is 2.30. The third kappa shape index (κ3) is 2.64. The first-order valence-corrected chi connectivity index (χ1v) is 7.48. The maximum atomic E-state index is 12.4. The maximum absolute atomic E-state index is 12.4. The van der Waals surface area contributed by atoms with Gasteiger partial charge in [0.05, 0.1) is 30.1 Å². The average molecular weight is 303 g/mol. The van der Waals surface area contributed by atoms with Crippen molar-refractivity contribution in [2.75, 3.05) is 0 Å². The van der Waals surface area contributed by atoms with E-state index in [-0.39, 0.29) is 18.1 Å². The van der Waals surface area contributed by atoms with Crippen LogP contribution in [0.5, 0.6) is 0 Å². The number of fused-ring (bicyclic) bond motifs is 1. The lowest BCUT2D eigenvalue weighted by molar-refractivity contribution is -0.00697. The van der Waals surface area contributed by atoms with E-state index < -0.39 is 0 Å². The van der Waals surface area contributed by atoms with Gasteiger partial charge in [0.25, 0.3) is 5.91 Å². The zero-order valence-electron chi connectivity index (χ0n) is 13.3. The molecule has 0 radical (unpaired) electrons. The van der Waals surface area contributed by atoms with Crippen molar-refractivity contribution in [3.63, 3.8) is 0 Å². The van der Waals surface area contributed by atoms with Gasteiger partial charge in [0, 0.05) is 17.7 Å². The molecule has 1 aliphatic rings. The maximum Gasteiger partial charge on any atom is 0.272 e. The number of carbonyl (C=O) groups excluding carboxylic acids is 1. The standard InChI is InChI=1S/C15H21N5O2/c1-7-5-11-13(9(3)22-7)19-20-14(11)15(21)16-6-12-8(2)17-10(4)18-12/h7,9H,5-6H2,1-4H3,(H,16,21)(H,17,18)(H,19,20)/t7-,9+/m1/s1. The molecule has 7 heteroatoms. The molecule has 0 saturated carbocycles. The molecule has 0 spiro atoms. The number of nitrogens with one attached hydrogen (secondary N) is 3. The summed E-state index contributed by atoms with van der Waals surface area (Å²) < 4.78 is 5.74. The van der Waals surface area contributed by atoms with Crippen LogP contribution in [-0.4, -0.2) is 32.2 Å². The van der Waals surface area contributed by atoms with Gasteiger partial charge in [-0.2, -0.15) is 5.10 Å². The first-order valence-electron chi connectivity index (χ1n) is 7.48. The van der Waals surface area contributed by atoms with Crippen molar-refractivity contribution in [2.24, 2.45) is 0 Å². The van der Waals surface area contributed by atoms with E-state index in [1.54, 1.807) is 0 Å². The lowest BCUT2D eigenvalue weighted by Crippen LogP contribution is -2.27. The van der Waals surface area contributed by atoms with Gasteiger partial charge in [-0.05, 0) is 27.7 Å². The smallest absolute Gasteiger partial charge is 0.272 e. The number of hydrogen-bond acceptors (Lipinski definition) is 4. The van der Waals surface area contributed by atoms with Crippen molar-refractivity contribution in [1.29, 1.82) is 0 Å². The fraction of sp³-hybridized carbons (Fsp3) is 0.533. The first-order chi connectivity index (χ1) is 10.5. The predicted octanol–water partition coefficient (Wildman–Crippen LogP) is 1.70. The summed E-state index contributed by atoms with van der Waals surface area (Å²) >= 11 is 0. The normalized spacial score (nSPS) is 20.7. The SMILES string of the molecule is Cc1nc(CNC(=O)c2n[nH]c3c2C[C@@H](C)O[C@H]3C)c(C)[nH]1. The lowest BCUT2D eigenvalue weighted by Gasteiger charge is -2.25. The number of rotatable bonds is 3. The van der Waals surface area contributed by atoms with E-state index in [0.717, 1.165) is 28.5 Å². The highest BCUT2D eigenvalue weighted by Gasteiger charge is 2.29. The van der Waals surface area contributed by atoms with Gasteiger partial charge in [-0.25, -0.2) is 4.98 Å². The summed E-state index contributed by atoms with van der Waals surface area (Å²) in [5.74, 6) is 0.664. The second-order valence-electron chi connectivity index (χ2n) is 5.83. The Morgan fingerprint density at radius 2 is 2.18 bits per heavy atom. The molecule has 0 aliphatic carbocycles. The second-order valence-corrected chi connectivity index (χ2v) is 5.83. The van der Waals surface area contributed by atoms with Crippen LogP contribution in [0.25, 0.3) is 0 Å². The minimum atomic E-state index is -0.182. The molecular formula is C15H21N5O2. The number of imidazole rings is 1. The predicted molar refractivity (Wildman–Crippen MR) is 80.5 cm³/mol. The Balaban J connectivity index is 1.75. The largest absolute Gasteiger partial charge is 0.369 e. The number of nitrogens with zero attached hydrogens (tertiary/aromatic N) is 2. The molecular weight excluding hydrogens is 282 g/mol. The van der Waals surface area contributed by atoms with Crippen LogP contribution in [0.15, 0.2) is 0 Å². The molecule has 0 aromatic carbocycles. The number of aromatic amines is 2. The van der Waals surface area contributed by atoms with E-state index in [9.17, 15) is 4.79 Å². The van der Waals surface area contributed by atoms with Crippen molar-refractivity contribution in [1.82, 2.24) is 25.5 Å².